The number of nitrogens with zero attached hydrogens (tertiary/aromatic N) is 1. The van der Waals surface area contributed by atoms with Crippen LogP contribution in [0, 0.1) is 0 Å². The fourth-order valence-corrected chi connectivity index (χ4v) is 2.45. The van der Waals surface area contributed by atoms with Crippen LogP contribution in [0.2, 0.25) is 0 Å². The maximum Gasteiger partial charge on any atom is 0.328 e. The van der Waals surface area contributed by atoms with Gasteiger partial charge >= 0.3 is 5.97 Å². The fraction of sp³-hybridized carbons (Fsp3) is 0.444. The Labute approximate surface area is 146 Å². The minimum atomic E-state index is -1.07. The van der Waals surface area contributed by atoms with Crippen molar-refractivity contribution in [3.8, 4) is 11.5 Å². The zero-order chi connectivity index (χ0) is 18.2. The highest BCUT2D eigenvalue weighted by Gasteiger charge is 2.31. The number of carboxylic acids is 1. The molecule has 1 atom stereocenters. The summed E-state index contributed by atoms with van der Waals surface area (Å²) in [6, 6.07) is 4.41. The van der Waals surface area contributed by atoms with Crippen molar-refractivity contribution in [2.24, 2.45) is 0 Å². The van der Waals surface area contributed by atoms with Gasteiger partial charge in [-0.2, -0.15) is 0 Å². The predicted octanol–water partition coefficient (Wildman–Crippen LogP) is 1.81. The topological polar surface area (TPSA) is 85.3 Å². The van der Waals surface area contributed by atoms with Gasteiger partial charge in [0.25, 0.3) is 0 Å². The van der Waals surface area contributed by atoms with E-state index in [4.69, 9.17) is 14.2 Å². The van der Waals surface area contributed by atoms with Crippen molar-refractivity contribution in [1.29, 1.82) is 0 Å². The van der Waals surface area contributed by atoms with Crippen LogP contribution in [-0.2, 0) is 14.3 Å². The molecule has 136 valence electrons. The molecule has 1 amide bonds. The molecule has 1 aromatic rings. The Morgan fingerprint density at radius 1 is 1.40 bits per heavy atom. The summed E-state index contributed by atoms with van der Waals surface area (Å²) in [5.74, 6) is -0.202. The SMILES string of the molecule is CCCOc1ccc(C=CC(=O)N2CCOCC2C(=O)O)cc1OC. The van der Waals surface area contributed by atoms with Crippen molar-refractivity contribution in [1.82, 2.24) is 4.90 Å². The number of methoxy groups -OCH3 is 1. The summed E-state index contributed by atoms with van der Waals surface area (Å²) in [5, 5.41) is 9.18. The lowest BCUT2D eigenvalue weighted by Gasteiger charge is -2.32. The van der Waals surface area contributed by atoms with Crippen LogP contribution in [0.4, 0.5) is 0 Å². The van der Waals surface area contributed by atoms with Crippen LogP contribution in [0.5, 0.6) is 11.5 Å². The van der Waals surface area contributed by atoms with Gasteiger partial charge in [-0.1, -0.05) is 13.0 Å². The third-order valence-corrected chi connectivity index (χ3v) is 3.76. The number of hydrogen-bond donors (Lipinski definition) is 1. The maximum atomic E-state index is 12.3. The van der Waals surface area contributed by atoms with Crippen molar-refractivity contribution in [3.05, 3.63) is 29.8 Å². The molecule has 0 aromatic heterocycles. The van der Waals surface area contributed by atoms with Crippen LogP contribution in [0.25, 0.3) is 6.08 Å². The highest BCUT2D eigenvalue weighted by atomic mass is 16.5. The first-order valence-electron chi connectivity index (χ1n) is 8.17. The standard InChI is InChI=1S/C18H23NO6/c1-3-9-25-15-6-4-13(11-16(15)23-2)5-7-17(20)19-8-10-24-12-14(19)18(21)22/h4-7,11,14H,3,8-10,12H2,1-2H3,(H,21,22). The molecule has 2 rings (SSSR count). The van der Waals surface area contributed by atoms with E-state index in [1.165, 1.54) is 11.0 Å². The smallest absolute Gasteiger partial charge is 0.328 e. The normalized spacial score (nSPS) is 17.5. The van der Waals surface area contributed by atoms with Crippen LogP contribution < -0.4 is 9.47 Å². The highest BCUT2D eigenvalue weighted by Crippen LogP contribution is 2.28. The van der Waals surface area contributed by atoms with Crippen LogP contribution in [0.15, 0.2) is 24.3 Å². The Bertz CT molecular complexity index is 642. The van der Waals surface area contributed by atoms with E-state index in [2.05, 4.69) is 0 Å². The molecule has 7 nitrogen and oxygen atoms in total. The van der Waals surface area contributed by atoms with Gasteiger partial charge in [-0.05, 0) is 30.2 Å². The second-order valence-electron chi connectivity index (χ2n) is 5.55. The summed E-state index contributed by atoms with van der Waals surface area (Å²) in [6.45, 7) is 3.21. The summed E-state index contributed by atoms with van der Waals surface area (Å²) >= 11 is 0. The Morgan fingerprint density at radius 2 is 2.20 bits per heavy atom. The number of carbonyl (C=O) groups is 2. The summed E-state index contributed by atoms with van der Waals surface area (Å²) < 4.78 is 16.0. The van der Waals surface area contributed by atoms with Gasteiger partial charge in [0, 0.05) is 12.6 Å². The number of amides is 1. The summed E-state index contributed by atoms with van der Waals surface area (Å²) in [4.78, 5) is 24.8. The molecular weight excluding hydrogens is 326 g/mol. The fourth-order valence-electron chi connectivity index (χ4n) is 2.45. The van der Waals surface area contributed by atoms with Gasteiger partial charge in [-0.3, -0.25) is 4.79 Å². The molecule has 25 heavy (non-hydrogen) atoms. The van der Waals surface area contributed by atoms with Gasteiger partial charge in [0.15, 0.2) is 17.5 Å². The first-order chi connectivity index (χ1) is 12.1. The largest absolute Gasteiger partial charge is 0.493 e. The quantitative estimate of drug-likeness (QED) is 0.756. The molecule has 1 aliphatic heterocycles. The lowest BCUT2D eigenvalue weighted by molar-refractivity contribution is -0.156. The molecule has 0 spiro atoms. The van der Waals surface area contributed by atoms with Gasteiger partial charge < -0.3 is 24.2 Å². The Balaban J connectivity index is 2.09. The van der Waals surface area contributed by atoms with Crippen LogP contribution in [0.1, 0.15) is 18.9 Å². The summed E-state index contributed by atoms with van der Waals surface area (Å²) in [5.41, 5.74) is 0.759. The molecule has 1 fully saturated rings. The number of carbonyl (C=O) groups excluding carboxylic acids is 1. The minimum absolute atomic E-state index is 0.00615. The zero-order valence-corrected chi connectivity index (χ0v) is 14.4. The molecule has 1 aromatic carbocycles. The number of hydrogen-bond acceptors (Lipinski definition) is 5. The molecule has 7 heteroatoms. The van der Waals surface area contributed by atoms with E-state index in [0.717, 1.165) is 12.0 Å². The number of aliphatic carboxylic acids is 1. The first-order valence-corrected chi connectivity index (χ1v) is 8.17. The highest BCUT2D eigenvalue weighted by molar-refractivity contribution is 5.94. The number of rotatable bonds is 7. The summed E-state index contributed by atoms with van der Waals surface area (Å²) in [6.07, 6.45) is 3.88. The van der Waals surface area contributed by atoms with Crippen LogP contribution in [0.3, 0.4) is 0 Å². The second-order valence-corrected chi connectivity index (χ2v) is 5.55. The second kappa shape index (κ2) is 9.08. The van der Waals surface area contributed by atoms with E-state index < -0.39 is 12.0 Å². The van der Waals surface area contributed by atoms with Crippen molar-refractivity contribution >= 4 is 18.0 Å². The van der Waals surface area contributed by atoms with E-state index >= 15 is 0 Å². The molecule has 1 aliphatic rings. The monoisotopic (exact) mass is 349 g/mol. The van der Waals surface area contributed by atoms with E-state index in [1.54, 1.807) is 25.3 Å². The lowest BCUT2D eigenvalue weighted by atomic mass is 10.1. The molecule has 1 heterocycles. The first kappa shape index (κ1) is 18.8. The van der Waals surface area contributed by atoms with E-state index in [0.29, 0.717) is 24.7 Å². The maximum absolute atomic E-state index is 12.3. The number of ether oxygens (including phenoxy) is 3. The molecule has 0 saturated carbocycles. The number of benzene rings is 1. The average molecular weight is 349 g/mol. The van der Waals surface area contributed by atoms with Gasteiger partial charge in [0.1, 0.15) is 0 Å². The molecule has 0 bridgehead atoms. The van der Waals surface area contributed by atoms with Gasteiger partial charge in [0.2, 0.25) is 5.91 Å². The van der Waals surface area contributed by atoms with Crippen LogP contribution >= 0.6 is 0 Å². The lowest BCUT2D eigenvalue weighted by Crippen LogP contribution is -2.52. The Hall–Kier alpha value is -2.54. The van der Waals surface area contributed by atoms with E-state index in [-0.39, 0.29) is 19.1 Å². The van der Waals surface area contributed by atoms with Gasteiger partial charge in [-0.25, -0.2) is 4.79 Å². The number of morpholine rings is 1. The van der Waals surface area contributed by atoms with Crippen molar-refractivity contribution in [2.75, 3.05) is 33.5 Å². The molecule has 0 aliphatic carbocycles. The Morgan fingerprint density at radius 3 is 2.88 bits per heavy atom. The Kier molecular flexibility index (Phi) is 6.82. The molecule has 1 saturated heterocycles. The average Bonchev–Trinajstić information content (AvgIpc) is 2.64. The van der Waals surface area contributed by atoms with E-state index in [9.17, 15) is 14.7 Å². The van der Waals surface area contributed by atoms with Crippen molar-refractivity contribution in [3.63, 3.8) is 0 Å². The predicted molar refractivity (Wildman–Crippen MR) is 91.8 cm³/mol. The summed E-state index contributed by atoms with van der Waals surface area (Å²) in [7, 11) is 1.55. The molecular formula is C18H23NO6. The number of carboxylic acid groups (broad SMARTS) is 1. The molecule has 0 radical (unpaired) electrons. The third kappa shape index (κ3) is 4.96. The van der Waals surface area contributed by atoms with Crippen LogP contribution in [-0.4, -0.2) is 61.4 Å². The molecule has 1 N–H and O–H groups in total. The van der Waals surface area contributed by atoms with Crippen molar-refractivity contribution in [2.45, 2.75) is 19.4 Å². The van der Waals surface area contributed by atoms with Gasteiger partial charge in [0.05, 0.1) is 26.9 Å². The third-order valence-electron chi connectivity index (χ3n) is 3.76. The van der Waals surface area contributed by atoms with Gasteiger partial charge in [-0.15, -0.1) is 0 Å². The minimum Gasteiger partial charge on any atom is -0.493 e. The zero-order valence-electron chi connectivity index (χ0n) is 14.4. The van der Waals surface area contributed by atoms with Crippen molar-refractivity contribution < 1.29 is 28.9 Å². The molecule has 1 unspecified atom stereocenters. The van der Waals surface area contributed by atoms with E-state index in [1.807, 2.05) is 13.0 Å².